The molecule has 1 aromatic heterocycles. The first-order valence-corrected chi connectivity index (χ1v) is 5.52. The van der Waals surface area contributed by atoms with Crippen LogP contribution in [0.4, 0.5) is 0 Å². The molecule has 0 radical (unpaired) electrons. The van der Waals surface area contributed by atoms with E-state index in [9.17, 15) is 9.59 Å². The maximum Gasteiger partial charge on any atom is 0.374 e. The Morgan fingerprint density at radius 2 is 1.83 bits per heavy atom. The number of esters is 1. The fourth-order valence-corrected chi connectivity index (χ4v) is 1.50. The Balaban J connectivity index is 2.02. The Morgan fingerprint density at radius 1 is 1.11 bits per heavy atom. The number of benzene rings is 1. The van der Waals surface area contributed by atoms with Crippen LogP contribution in [0.15, 0.2) is 53.1 Å². The van der Waals surface area contributed by atoms with Crippen LogP contribution in [0.5, 0.6) is 0 Å². The standard InChI is InChI=1S/C14H12O4/c1-10(13(15)11-6-3-2-4-7-11)18-14(16)12-8-5-9-17-12/h2-10H,1H3. The molecule has 1 unspecified atom stereocenters. The van der Waals surface area contributed by atoms with Crippen molar-refractivity contribution in [3.8, 4) is 0 Å². The molecule has 0 saturated carbocycles. The van der Waals surface area contributed by atoms with E-state index in [0.717, 1.165) is 0 Å². The van der Waals surface area contributed by atoms with Gasteiger partial charge in [-0.05, 0) is 19.1 Å². The van der Waals surface area contributed by atoms with Gasteiger partial charge in [-0.1, -0.05) is 30.3 Å². The first-order valence-electron chi connectivity index (χ1n) is 5.52. The van der Waals surface area contributed by atoms with Crippen molar-refractivity contribution in [2.45, 2.75) is 13.0 Å². The van der Waals surface area contributed by atoms with E-state index >= 15 is 0 Å². The van der Waals surface area contributed by atoms with E-state index in [2.05, 4.69) is 0 Å². The average molecular weight is 244 g/mol. The topological polar surface area (TPSA) is 56.5 Å². The Hall–Kier alpha value is -2.36. The van der Waals surface area contributed by atoms with E-state index < -0.39 is 12.1 Å². The minimum Gasteiger partial charge on any atom is -0.457 e. The van der Waals surface area contributed by atoms with Crippen LogP contribution < -0.4 is 0 Å². The van der Waals surface area contributed by atoms with Gasteiger partial charge in [0.2, 0.25) is 11.5 Å². The molecule has 4 heteroatoms. The van der Waals surface area contributed by atoms with Crippen LogP contribution in [0, 0.1) is 0 Å². The fourth-order valence-electron chi connectivity index (χ4n) is 1.50. The van der Waals surface area contributed by atoms with Crippen LogP contribution in [0.2, 0.25) is 0 Å². The summed E-state index contributed by atoms with van der Waals surface area (Å²) >= 11 is 0. The number of hydrogen-bond donors (Lipinski definition) is 0. The Bertz CT molecular complexity index is 528. The van der Waals surface area contributed by atoms with Gasteiger partial charge in [0.1, 0.15) is 0 Å². The summed E-state index contributed by atoms with van der Waals surface area (Å²) in [5, 5.41) is 0. The van der Waals surface area contributed by atoms with Gasteiger partial charge in [-0.25, -0.2) is 4.79 Å². The van der Waals surface area contributed by atoms with E-state index in [4.69, 9.17) is 9.15 Å². The Morgan fingerprint density at radius 3 is 2.44 bits per heavy atom. The largest absolute Gasteiger partial charge is 0.457 e. The Kier molecular flexibility index (Phi) is 3.57. The maximum atomic E-state index is 11.9. The monoisotopic (exact) mass is 244 g/mol. The molecule has 1 aromatic carbocycles. The number of hydrogen-bond acceptors (Lipinski definition) is 4. The highest BCUT2D eigenvalue weighted by Crippen LogP contribution is 2.09. The van der Waals surface area contributed by atoms with Crippen molar-refractivity contribution < 1.29 is 18.7 Å². The van der Waals surface area contributed by atoms with Crippen LogP contribution in [0.25, 0.3) is 0 Å². The maximum absolute atomic E-state index is 11.9. The second kappa shape index (κ2) is 5.31. The minimum absolute atomic E-state index is 0.0858. The molecule has 4 nitrogen and oxygen atoms in total. The predicted octanol–water partition coefficient (Wildman–Crippen LogP) is 2.71. The van der Waals surface area contributed by atoms with Crippen LogP contribution in [0.1, 0.15) is 27.8 Å². The molecule has 1 atom stereocenters. The quantitative estimate of drug-likeness (QED) is 0.613. The van der Waals surface area contributed by atoms with Gasteiger partial charge < -0.3 is 9.15 Å². The number of carbonyl (C=O) groups is 2. The molecule has 0 aliphatic carbocycles. The number of furan rings is 1. The van der Waals surface area contributed by atoms with Crippen molar-refractivity contribution in [2.75, 3.05) is 0 Å². The zero-order chi connectivity index (χ0) is 13.0. The second-order valence-corrected chi connectivity index (χ2v) is 3.76. The van der Waals surface area contributed by atoms with Gasteiger partial charge in [-0.2, -0.15) is 0 Å². The number of Topliss-reactive ketones (excluding diaryl/α,β-unsaturated/α-hetero) is 1. The van der Waals surface area contributed by atoms with E-state index in [0.29, 0.717) is 5.56 Å². The van der Waals surface area contributed by atoms with Crippen LogP contribution in [-0.4, -0.2) is 17.9 Å². The number of ketones is 1. The third kappa shape index (κ3) is 2.66. The SMILES string of the molecule is CC(OC(=O)c1ccco1)C(=O)c1ccccc1. The van der Waals surface area contributed by atoms with E-state index in [1.807, 2.05) is 6.07 Å². The van der Waals surface area contributed by atoms with Crippen molar-refractivity contribution in [1.29, 1.82) is 0 Å². The molecule has 1 heterocycles. The molecule has 0 N–H and O–H groups in total. The summed E-state index contributed by atoms with van der Waals surface area (Å²) < 4.78 is 9.92. The van der Waals surface area contributed by atoms with Gasteiger partial charge in [-0.3, -0.25) is 4.79 Å². The molecule has 0 spiro atoms. The summed E-state index contributed by atoms with van der Waals surface area (Å²) in [5.41, 5.74) is 0.511. The summed E-state index contributed by atoms with van der Waals surface area (Å²) in [7, 11) is 0. The lowest BCUT2D eigenvalue weighted by Gasteiger charge is -2.10. The molecular weight excluding hydrogens is 232 g/mol. The van der Waals surface area contributed by atoms with Crippen LogP contribution in [0.3, 0.4) is 0 Å². The number of rotatable bonds is 4. The number of ether oxygens (including phenoxy) is 1. The smallest absolute Gasteiger partial charge is 0.374 e. The van der Waals surface area contributed by atoms with Crippen LogP contribution in [-0.2, 0) is 4.74 Å². The van der Waals surface area contributed by atoms with Gasteiger partial charge in [0, 0.05) is 5.56 Å². The van der Waals surface area contributed by atoms with E-state index in [1.165, 1.54) is 19.3 Å². The summed E-state index contributed by atoms with van der Waals surface area (Å²) in [6, 6.07) is 11.8. The third-order valence-electron chi connectivity index (χ3n) is 2.43. The van der Waals surface area contributed by atoms with Gasteiger partial charge in [-0.15, -0.1) is 0 Å². The second-order valence-electron chi connectivity index (χ2n) is 3.76. The summed E-state index contributed by atoms with van der Waals surface area (Å²) in [6.07, 6.45) is 0.533. The average Bonchev–Trinajstić information content (AvgIpc) is 2.92. The molecule has 0 bridgehead atoms. The molecular formula is C14H12O4. The fraction of sp³-hybridized carbons (Fsp3) is 0.143. The third-order valence-corrected chi connectivity index (χ3v) is 2.43. The molecule has 92 valence electrons. The summed E-state index contributed by atoms with van der Waals surface area (Å²) in [5.74, 6) is -0.796. The Labute approximate surface area is 104 Å². The highest BCUT2D eigenvalue weighted by atomic mass is 16.6. The van der Waals surface area contributed by atoms with Crippen molar-refractivity contribution in [2.24, 2.45) is 0 Å². The minimum atomic E-state index is -0.843. The molecule has 2 aromatic rings. The van der Waals surface area contributed by atoms with Gasteiger partial charge in [0.05, 0.1) is 6.26 Å². The van der Waals surface area contributed by atoms with E-state index in [1.54, 1.807) is 30.3 Å². The molecule has 0 amide bonds. The van der Waals surface area contributed by atoms with Crippen molar-refractivity contribution in [3.63, 3.8) is 0 Å². The van der Waals surface area contributed by atoms with E-state index in [-0.39, 0.29) is 11.5 Å². The summed E-state index contributed by atoms with van der Waals surface area (Å²) in [4.78, 5) is 23.5. The van der Waals surface area contributed by atoms with Gasteiger partial charge >= 0.3 is 5.97 Å². The zero-order valence-electron chi connectivity index (χ0n) is 9.83. The molecule has 0 saturated heterocycles. The van der Waals surface area contributed by atoms with Crippen LogP contribution >= 0.6 is 0 Å². The predicted molar refractivity (Wildman–Crippen MR) is 64.4 cm³/mol. The lowest BCUT2D eigenvalue weighted by Crippen LogP contribution is -2.24. The summed E-state index contributed by atoms with van der Waals surface area (Å²) in [6.45, 7) is 1.54. The van der Waals surface area contributed by atoms with Crippen molar-refractivity contribution in [1.82, 2.24) is 0 Å². The van der Waals surface area contributed by atoms with Gasteiger partial charge in [0.25, 0.3) is 0 Å². The highest BCUT2D eigenvalue weighted by Gasteiger charge is 2.21. The lowest BCUT2D eigenvalue weighted by atomic mass is 10.1. The highest BCUT2D eigenvalue weighted by molar-refractivity contribution is 6.00. The normalized spacial score (nSPS) is 11.8. The first-order chi connectivity index (χ1) is 8.68. The molecule has 0 fully saturated rings. The van der Waals surface area contributed by atoms with Crippen molar-refractivity contribution in [3.05, 3.63) is 60.1 Å². The molecule has 0 aliphatic heterocycles. The molecule has 0 aliphatic rings. The van der Waals surface area contributed by atoms with Crippen molar-refractivity contribution >= 4 is 11.8 Å². The lowest BCUT2D eigenvalue weighted by molar-refractivity contribution is 0.0289. The molecule has 2 rings (SSSR count). The molecule has 18 heavy (non-hydrogen) atoms. The van der Waals surface area contributed by atoms with Gasteiger partial charge in [0.15, 0.2) is 6.10 Å². The first kappa shape index (κ1) is 12.1. The number of carbonyl (C=O) groups excluding carboxylic acids is 2. The zero-order valence-corrected chi connectivity index (χ0v) is 9.83.